The summed E-state index contributed by atoms with van der Waals surface area (Å²) in [7, 11) is 0. The second-order valence-electron chi connectivity index (χ2n) is 6.17. The smallest absolute Gasteiger partial charge is 0.326 e. The molecule has 0 bridgehead atoms. The van der Waals surface area contributed by atoms with Crippen LogP contribution in [-0.4, -0.2) is 73.0 Å². The lowest BCUT2D eigenvalue weighted by atomic mass is 10.1. The third-order valence-corrected chi connectivity index (χ3v) is 4.08. The number of carbonyl (C=O) groups excluding carboxylic acids is 1. The Labute approximate surface area is 164 Å². The predicted molar refractivity (Wildman–Crippen MR) is 105 cm³/mol. The van der Waals surface area contributed by atoms with E-state index in [-0.39, 0.29) is 55.7 Å². The minimum Gasteiger partial charge on any atom is -0.480 e. The molecule has 1 atom stereocenters. The first-order valence-corrected chi connectivity index (χ1v) is 8.73. The van der Waals surface area contributed by atoms with Crippen LogP contribution in [-0.2, 0) is 16.1 Å². The Kier molecular flexibility index (Phi) is 7.08. The molecular formula is C15H24N10O4. The van der Waals surface area contributed by atoms with Crippen LogP contribution in [0.1, 0.15) is 12.8 Å². The van der Waals surface area contributed by atoms with Gasteiger partial charge in [-0.05, 0) is 12.8 Å². The van der Waals surface area contributed by atoms with Crippen molar-refractivity contribution in [2.45, 2.75) is 25.4 Å². The number of nitrogen functional groups attached to an aromatic ring is 1. The van der Waals surface area contributed by atoms with E-state index in [4.69, 9.17) is 22.9 Å². The van der Waals surface area contributed by atoms with Crippen molar-refractivity contribution in [1.29, 1.82) is 0 Å². The Morgan fingerprint density at radius 3 is 2.72 bits per heavy atom. The van der Waals surface area contributed by atoms with Gasteiger partial charge in [-0.25, -0.2) is 9.78 Å². The van der Waals surface area contributed by atoms with E-state index in [9.17, 15) is 19.5 Å². The number of nitrogens with two attached hydrogens (primary N) is 4. The van der Waals surface area contributed by atoms with Crippen LogP contribution < -0.4 is 28.5 Å². The van der Waals surface area contributed by atoms with Gasteiger partial charge in [-0.2, -0.15) is 4.98 Å². The summed E-state index contributed by atoms with van der Waals surface area (Å²) in [6.07, 6.45) is 1.75. The lowest BCUT2D eigenvalue weighted by Crippen LogP contribution is -2.48. The van der Waals surface area contributed by atoms with E-state index in [1.165, 1.54) is 15.8 Å². The first kappa shape index (κ1) is 21.6. The van der Waals surface area contributed by atoms with Gasteiger partial charge >= 0.3 is 5.97 Å². The monoisotopic (exact) mass is 408 g/mol. The lowest BCUT2D eigenvalue weighted by molar-refractivity contribution is -0.150. The normalized spacial score (nSPS) is 11.9. The zero-order valence-corrected chi connectivity index (χ0v) is 15.6. The molecule has 0 saturated heterocycles. The number of rotatable bonds is 10. The first-order valence-electron chi connectivity index (χ1n) is 8.73. The third kappa shape index (κ3) is 5.41. The van der Waals surface area contributed by atoms with Crippen molar-refractivity contribution in [2.24, 2.45) is 22.2 Å². The molecule has 14 heteroatoms. The molecule has 10 N–H and O–H groups in total. The number of hydrogen-bond acceptors (Lipinski definition) is 8. The highest BCUT2D eigenvalue weighted by atomic mass is 16.4. The molecule has 0 unspecified atom stereocenters. The van der Waals surface area contributed by atoms with Crippen molar-refractivity contribution in [2.75, 3.05) is 25.4 Å². The van der Waals surface area contributed by atoms with Gasteiger partial charge < -0.3 is 37.5 Å². The molecule has 0 saturated carbocycles. The standard InChI is InChI=1S/C15H24N10O4/c16-3-5-25(8(13(28)29)2-1-4-20-14(17)18)9(26)6-24-7-21-10-11(24)22-15(19)23-12(10)27/h7-8H,1-6,16H2,(H,28,29)(H4,17,18,20)(H3,19,22,23,27)/t8-/m0/s1. The molecule has 14 nitrogen and oxygen atoms in total. The molecule has 2 aromatic rings. The number of aromatic amines is 1. The van der Waals surface area contributed by atoms with E-state index in [2.05, 4.69) is 19.9 Å². The van der Waals surface area contributed by atoms with Crippen LogP contribution in [0, 0.1) is 0 Å². The number of hydrogen-bond donors (Lipinski definition) is 6. The average Bonchev–Trinajstić information content (AvgIpc) is 3.02. The highest BCUT2D eigenvalue weighted by molar-refractivity contribution is 5.84. The van der Waals surface area contributed by atoms with Crippen molar-refractivity contribution in [3.63, 3.8) is 0 Å². The van der Waals surface area contributed by atoms with Gasteiger partial charge in [0.05, 0.1) is 6.33 Å². The molecule has 2 heterocycles. The quantitative estimate of drug-likeness (QED) is 0.132. The number of imidazole rings is 1. The molecule has 0 aromatic carbocycles. The number of H-pyrrole nitrogens is 1. The molecule has 0 aliphatic heterocycles. The third-order valence-electron chi connectivity index (χ3n) is 4.08. The second kappa shape index (κ2) is 9.50. The van der Waals surface area contributed by atoms with Gasteiger partial charge in [0.25, 0.3) is 5.56 Å². The summed E-state index contributed by atoms with van der Waals surface area (Å²) in [5, 5.41) is 9.58. The van der Waals surface area contributed by atoms with Crippen LogP contribution in [0.4, 0.5) is 5.95 Å². The largest absolute Gasteiger partial charge is 0.480 e. The number of anilines is 1. The number of aliphatic imine (C=N–C) groups is 1. The van der Waals surface area contributed by atoms with Crippen LogP contribution in [0.2, 0.25) is 0 Å². The average molecular weight is 408 g/mol. The summed E-state index contributed by atoms with van der Waals surface area (Å²) in [5.74, 6) is -1.92. The summed E-state index contributed by atoms with van der Waals surface area (Å²) in [4.78, 5) is 51.6. The van der Waals surface area contributed by atoms with Crippen molar-refractivity contribution in [3.8, 4) is 0 Å². The van der Waals surface area contributed by atoms with Gasteiger partial charge in [-0.1, -0.05) is 0 Å². The molecular weight excluding hydrogens is 384 g/mol. The lowest BCUT2D eigenvalue weighted by Gasteiger charge is -2.28. The molecule has 29 heavy (non-hydrogen) atoms. The van der Waals surface area contributed by atoms with Gasteiger partial charge in [0.2, 0.25) is 11.9 Å². The van der Waals surface area contributed by atoms with E-state index in [1.807, 2.05) is 0 Å². The van der Waals surface area contributed by atoms with Crippen LogP contribution in [0.3, 0.4) is 0 Å². The fourth-order valence-corrected chi connectivity index (χ4v) is 2.82. The van der Waals surface area contributed by atoms with Gasteiger partial charge in [0.1, 0.15) is 12.6 Å². The van der Waals surface area contributed by atoms with Crippen molar-refractivity contribution >= 4 is 34.9 Å². The predicted octanol–water partition coefficient (Wildman–Crippen LogP) is -3.00. The van der Waals surface area contributed by atoms with E-state index in [1.54, 1.807) is 0 Å². The van der Waals surface area contributed by atoms with Crippen molar-refractivity contribution in [1.82, 2.24) is 24.4 Å². The van der Waals surface area contributed by atoms with E-state index >= 15 is 0 Å². The fraction of sp³-hybridized carbons (Fsp3) is 0.467. The van der Waals surface area contributed by atoms with Gasteiger partial charge in [0, 0.05) is 19.6 Å². The number of nitrogens with one attached hydrogen (secondary N) is 1. The molecule has 0 aliphatic carbocycles. The molecule has 0 spiro atoms. The Hall–Kier alpha value is -3.68. The number of aromatic nitrogens is 4. The van der Waals surface area contributed by atoms with E-state index in [0.29, 0.717) is 6.42 Å². The summed E-state index contributed by atoms with van der Waals surface area (Å²) in [6.45, 7) is 0.0405. The minimum atomic E-state index is -1.18. The number of carbonyl (C=O) groups is 2. The van der Waals surface area contributed by atoms with E-state index in [0.717, 1.165) is 0 Å². The summed E-state index contributed by atoms with van der Waals surface area (Å²) >= 11 is 0. The number of fused-ring (bicyclic) bond motifs is 1. The Balaban J connectivity index is 2.22. The molecule has 0 fully saturated rings. The van der Waals surface area contributed by atoms with Crippen molar-refractivity contribution in [3.05, 3.63) is 16.7 Å². The molecule has 1 amide bonds. The fourth-order valence-electron chi connectivity index (χ4n) is 2.82. The Morgan fingerprint density at radius 1 is 1.38 bits per heavy atom. The Bertz CT molecular complexity index is 962. The van der Waals surface area contributed by atoms with Crippen LogP contribution in [0.25, 0.3) is 11.2 Å². The topological polar surface area (TPSA) is 238 Å². The summed E-state index contributed by atoms with van der Waals surface area (Å²) in [6, 6.07) is -1.11. The van der Waals surface area contributed by atoms with Crippen LogP contribution in [0.15, 0.2) is 16.1 Å². The maximum atomic E-state index is 12.8. The summed E-state index contributed by atoms with van der Waals surface area (Å²) < 4.78 is 1.32. The minimum absolute atomic E-state index is 0.0180. The van der Waals surface area contributed by atoms with E-state index < -0.39 is 23.5 Å². The van der Waals surface area contributed by atoms with Crippen molar-refractivity contribution < 1.29 is 14.7 Å². The molecule has 0 aliphatic rings. The van der Waals surface area contributed by atoms with Crippen LogP contribution >= 0.6 is 0 Å². The maximum Gasteiger partial charge on any atom is 0.326 e. The zero-order chi connectivity index (χ0) is 21.6. The Morgan fingerprint density at radius 2 is 2.10 bits per heavy atom. The zero-order valence-electron chi connectivity index (χ0n) is 15.6. The van der Waals surface area contributed by atoms with Gasteiger partial charge in [0.15, 0.2) is 17.1 Å². The number of carboxylic acid groups (broad SMARTS) is 1. The summed E-state index contributed by atoms with van der Waals surface area (Å²) in [5.41, 5.74) is 21.2. The maximum absolute atomic E-state index is 12.8. The molecule has 0 radical (unpaired) electrons. The highest BCUT2D eigenvalue weighted by Gasteiger charge is 2.29. The van der Waals surface area contributed by atoms with Gasteiger partial charge in [-0.15, -0.1) is 0 Å². The molecule has 2 rings (SSSR count). The second-order valence-corrected chi connectivity index (χ2v) is 6.17. The number of nitrogens with zero attached hydrogens (tertiary/aromatic N) is 5. The SMILES string of the molecule is NCCN(C(=O)Cn1cnc2c(=O)[nH]c(N)nc21)[C@@H](CCCN=C(N)N)C(=O)O. The number of amides is 1. The van der Waals surface area contributed by atoms with Gasteiger partial charge in [-0.3, -0.25) is 19.6 Å². The first-order chi connectivity index (χ1) is 13.7. The molecule has 158 valence electrons. The number of guanidine groups is 1. The number of aliphatic carboxylic acids is 1. The number of carboxylic acids is 1. The van der Waals surface area contributed by atoms with Crippen LogP contribution in [0.5, 0.6) is 0 Å². The highest BCUT2D eigenvalue weighted by Crippen LogP contribution is 2.12. The molecule has 2 aromatic heterocycles.